The molecule has 0 nitrogen and oxygen atoms in total. The zero-order chi connectivity index (χ0) is 20.8. The molecule has 0 saturated carbocycles. The van der Waals surface area contributed by atoms with Gasteiger partial charge in [-0.2, -0.15) is 0 Å². The van der Waals surface area contributed by atoms with Crippen molar-refractivity contribution in [2.45, 2.75) is 0 Å². The van der Waals surface area contributed by atoms with Gasteiger partial charge in [0.25, 0.3) is 0 Å². The van der Waals surface area contributed by atoms with Crippen LogP contribution in [0.15, 0.2) is 93.9 Å². The first-order chi connectivity index (χ1) is 14.5. The van der Waals surface area contributed by atoms with Crippen LogP contribution in [-0.2, 0) is 0 Å². The van der Waals surface area contributed by atoms with Gasteiger partial charge >= 0.3 is 0 Å². The minimum Gasteiger partial charge on any atom is -0.206 e. The minimum atomic E-state index is -0.306. The summed E-state index contributed by atoms with van der Waals surface area (Å²) in [6, 6.07) is 26.4. The Hall–Kier alpha value is -2.56. The molecule has 146 valence electrons. The first-order valence-electron chi connectivity index (χ1n) is 9.39. The highest BCUT2D eigenvalue weighted by molar-refractivity contribution is 9.10. The van der Waals surface area contributed by atoms with Crippen LogP contribution < -0.4 is 0 Å². The summed E-state index contributed by atoms with van der Waals surface area (Å²) in [7, 11) is 0. The first-order valence-corrected chi connectivity index (χ1v) is 11.0. The van der Waals surface area contributed by atoms with Gasteiger partial charge in [-0.25, -0.2) is 8.78 Å². The van der Waals surface area contributed by atoms with Crippen LogP contribution in [0.1, 0.15) is 0 Å². The second kappa shape index (κ2) is 7.60. The summed E-state index contributed by atoms with van der Waals surface area (Å²) >= 11 is 6.48. The Morgan fingerprint density at radius 3 is 1.10 bits per heavy atom. The molecule has 4 heteroatoms. The fraction of sp³-hybridized carbons (Fsp3) is 0. The zero-order valence-corrected chi connectivity index (χ0v) is 18.8. The van der Waals surface area contributed by atoms with Gasteiger partial charge in [0, 0.05) is 0 Å². The number of halogens is 4. The van der Waals surface area contributed by atoms with E-state index in [1.165, 1.54) is 0 Å². The van der Waals surface area contributed by atoms with E-state index in [1.807, 2.05) is 60.7 Å². The van der Waals surface area contributed by atoms with Gasteiger partial charge in [-0.3, -0.25) is 0 Å². The molecule has 0 aliphatic heterocycles. The molecule has 0 radical (unpaired) electrons. The van der Waals surface area contributed by atoms with E-state index < -0.39 is 0 Å². The van der Waals surface area contributed by atoms with Crippen LogP contribution >= 0.6 is 31.9 Å². The Bertz CT molecular complexity index is 1270. The van der Waals surface area contributed by atoms with Gasteiger partial charge in [0.05, 0.1) is 8.95 Å². The number of hydrogen-bond acceptors (Lipinski definition) is 0. The van der Waals surface area contributed by atoms with E-state index in [0.29, 0.717) is 8.95 Å². The molecule has 0 amide bonds. The topological polar surface area (TPSA) is 0 Å². The molecule has 0 spiro atoms. The molecule has 30 heavy (non-hydrogen) atoms. The smallest absolute Gasteiger partial charge is 0.137 e. The summed E-state index contributed by atoms with van der Waals surface area (Å²) in [5.74, 6) is -0.612. The molecule has 0 saturated heterocycles. The zero-order valence-electron chi connectivity index (χ0n) is 15.6. The summed E-state index contributed by atoms with van der Waals surface area (Å²) in [5.41, 5.74) is 3.54. The van der Waals surface area contributed by atoms with Crippen molar-refractivity contribution in [1.82, 2.24) is 0 Å². The Morgan fingerprint density at radius 1 is 0.467 bits per heavy atom. The van der Waals surface area contributed by atoms with Crippen molar-refractivity contribution in [3.05, 3.63) is 106 Å². The Balaban J connectivity index is 1.96. The summed E-state index contributed by atoms with van der Waals surface area (Å²) in [6.45, 7) is 0. The molecule has 0 aliphatic carbocycles. The van der Waals surface area contributed by atoms with Crippen molar-refractivity contribution in [3.8, 4) is 22.3 Å². The second-order valence-corrected chi connectivity index (χ2v) is 8.81. The lowest BCUT2D eigenvalue weighted by Gasteiger charge is -2.18. The van der Waals surface area contributed by atoms with Gasteiger partial charge in [0.15, 0.2) is 0 Å². The molecule has 0 aliphatic rings. The van der Waals surface area contributed by atoms with Crippen molar-refractivity contribution in [2.24, 2.45) is 0 Å². The fourth-order valence-corrected chi connectivity index (χ4v) is 4.55. The average Bonchev–Trinajstić information content (AvgIpc) is 2.76. The number of benzene rings is 5. The van der Waals surface area contributed by atoms with E-state index in [2.05, 4.69) is 31.9 Å². The normalized spacial score (nSPS) is 11.3. The van der Waals surface area contributed by atoms with Gasteiger partial charge in [-0.15, -0.1) is 0 Å². The van der Waals surface area contributed by atoms with E-state index in [-0.39, 0.29) is 11.6 Å². The highest BCUT2D eigenvalue weighted by Gasteiger charge is 2.17. The number of fused-ring (bicyclic) bond motifs is 2. The lowest BCUT2D eigenvalue weighted by molar-refractivity contribution is 0.621. The van der Waals surface area contributed by atoms with Crippen LogP contribution in [-0.4, -0.2) is 0 Å². The van der Waals surface area contributed by atoms with E-state index in [1.54, 1.807) is 24.3 Å². The molecular formula is C26H14Br2F2. The molecule has 5 aromatic carbocycles. The van der Waals surface area contributed by atoms with Crippen LogP contribution in [0.25, 0.3) is 43.8 Å². The van der Waals surface area contributed by atoms with Gasteiger partial charge in [-0.1, -0.05) is 60.7 Å². The van der Waals surface area contributed by atoms with Crippen LogP contribution in [0.3, 0.4) is 0 Å². The maximum absolute atomic E-state index is 14.4. The SMILES string of the molecule is Fc1cc(-c2c3ccccc3c(-c3ccc(Br)c(F)c3)c3ccccc23)ccc1Br. The lowest BCUT2D eigenvalue weighted by atomic mass is 9.86. The minimum absolute atomic E-state index is 0.306. The van der Waals surface area contributed by atoms with E-state index in [9.17, 15) is 8.78 Å². The fourth-order valence-electron chi connectivity index (χ4n) is 4.05. The predicted octanol–water partition coefficient (Wildman–Crippen LogP) is 9.13. The molecule has 0 heterocycles. The number of hydrogen-bond donors (Lipinski definition) is 0. The first kappa shape index (κ1) is 19.4. The Morgan fingerprint density at radius 2 is 0.800 bits per heavy atom. The van der Waals surface area contributed by atoms with Crippen LogP contribution in [0.4, 0.5) is 8.78 Å². The molecule has 5 aromatic rings. The van der Waals surface area contributed by atoms with Gasteiger partial charge in [0.1, 0.15) is 11.6 Å². The van der Waals surface area contributed by atoms with Crippen LogP contribution in [0.2, 0.25) is 0 Å². The standard InChI is InChI=1S/C26H14Br2F2/c27-21-11-9-15(13-23(21)29)25-17-5-1-2-6-18(17)26(20-8-4-3-7-19(20)25)16-10-12-22(28)24(30)14-16/h1-14H. The highest BCUT2D eigenvalue weighted by Crippen LogP contribution is 2.44. The van der Waals surface area contributed by atoms with Crippen LogP contribution in [0, 0.1) is 11.6 Å². The molecule has 0 bridgehead atoms. The largest absolute Gasteiger partial charge is 0.206 e. The summed E-state index contributed by atoms with van der Waals surface area (Å²) in [6.07, 6.45) is 0. The predicted molar refractivity (Wildman–Crippen MR) is 128 cm³/mol. The second-order valence-electron chi connectivity index (χ2n) is 7.10. The van der Waals surface area contributed by atoms with Crippen molar-refractivity contribution >= 4 is 53.4 Å². The van der Waals surface area contributed by atoms with Crippen molar-refractivity contribution in [1.29, 1.82) is 0 Å². The summed E-state index contributed by atoms with van der Waals surface area (Å²) in [5, 5.41) is 3.99. The molecule has 0 aromatic heterocycles. The van der Waals surface area contributed by atoms with E-state index in [4.69, 9.17) is 0 Å². The van der Waals surface area contributed by atoms with Crippen LogP contribution in [0.5, 0.6) is 0 Å². The molecule has 0 unspecified atom stereocenters. The number of rotatable bonds is 2. The third-order valence-electron chi connectivity index (χ3n) is 5.35. The molecule has 0 N–H and O–H groups in total. The molecule has 0 fully saturated rings. The van der Waals surface area contributed by atoms with E-state index in [0.717, 1.165) is 43.8 Å². The maximum Gasteiger partial charge on any atom is 0.137 e. The van der Waals surface area contributed by atoms with Crippen molar-refractivity contribution < 1.29 is 8.78 Å². The summed E-state index contributed by atoms with van der Waals surface area (Å²) in [4.78, 5) is 0. The highest BCUT2D eigenvalue weighted by atomic mass is 79.9. The van der Waals surface area contributed by atoms with Crippen molar-refractivity contribution in [2.75, 3.05) is 0 Å². The third-order valence-corrected chi connectivity index (χ3v) is 6.63. The summed E-state index contributed by atoms with van der Waals surface area (Å²) < 4.78 is 29.7. The Labute approximate surface area is 189 Å². The monoisotopic (exact) mass is 522 g/mol. The Kier molecular flexibility index (Phi) is 4.92. The lowest BCUT2D eigenvalue weighted by Crippen LogP contribution is -1.92. The van der Waals surface area contributed by atoms with Gasteiger partial charge in [-0.05, 0) is 99.9 Å². The average molecular weight is 524 g/mol. The van der Waals surface area contributed by atoms with E-state index >= 15 is 0 Å². The van der Waals surface area contributed by atoms with Gasteiger partial charge < -0.3 is 0 Å². The quantitative estimate of drug-likeness (QED) is 0.202. The maximum atomic E-state index is 14.4. The third kappa shape index (κ3) is 3.15. The molecule has 0 atom stereocenters. The van der Waals surface area contributed by atoms with Crippen molar-refractivity contribution in [3.63, 3.8) is 0 Å². The molecular weight excluding hydrogens is 510 g/mol. The van der Waals surface area contributed by atoms with Gasteiger partial charge in [0.2, 0.25) is 0 Å². The molecule has 5 rings (SSSR count).